The fourth-order valence-corrected chi connectivity index (χ4v) is 2.15. The van der Waals surface area contributed by atoms with Crippen molar-refractivity contribution in [3.8, 4) is 5.75 Å². The van der Waals surface area contributed by atoms with E-state index in [2.05, 4.69) is 28.9 Å². The van der Waals surface area contributed by atoms with Crippen LogP contribution in [0.3, 0.4) is 0 Å². The standard InChI is InChI=1S/C15H15BrO2/c1-11-4-2-3-5-12(11)10-18-15-7-6-14(16)8-13(15)9-17/h2-8,17H,9-10H2,1H3. The lowest BCUT2D eigenvalue weighted by atomic mass is 10.1. The van der Waals surface area contributed by atoms with Gasteiger partial charge in [-0.15, -0.1) is 0 Å². The van der Waals surface area contributed by atoms with Crippen molar-refractivity contribution in [2.45, 2.75) is 20.1 Å². The van der Waals surface area contributed by atoms with Crippen molar-refractivity contribution in [1.29, 1.82) is 0 Å². The van der Waals surface area contributed by atoms with Crippen LogP contribution >= 0.6 is 15.9 Å². The van der Waals surface area contributed by atoms with E-state index in [4.69, 9.17) is 4.74 Å². The van der Waals surface area contributed by atoms with E-state index in [1.807, 2.05) is 36.4 Å². The number of benzene rings is 2. The van der Waals surface area contributed by atoms with Crippen LogP contribution in [0.2, 0.25) is 0 Å². The van der Waals surface area contributed by atoms with Gasteiger partial charge in [0, 0.05) is 10.0 Å². The van der Waals surface area contributed by atoms with E-state index in [0.717, 1.165) is 21.3 Å². The summed E-state index contributed by atoms with van der Waals surface area (Å²) in [7, 11) is 0. The third-order valence-electron chi connectivity index (χ3n) is 2.84. The van der Waals surface area contributed by atoms with E-state index in [-0.39, 0.29) is 6.61 Å². The summed E-state index contributed by atoms with van der Waals surface area (Å²) in [4.78, 5) is 0. The quantitative estimate of drug-likeness (QED) is 0.930. The zero-order chi connectivity index (χ0) is 13.0. The average Bonchev–Trinajstić information content (AvgIpc) is 2.39. The van der Waals surface area contributed by atoms with Gasteiger partial charge in [0.05, 0.1) is 6.61 Å². The summed E-state index contributed by atoms with van der Waals surface area (Å²) in [6.45, 7) is 2.55. The van der Waals surface area contributed by atoms with Gasteiger partial charge in [-0.25, -0.2) is 0 Å². The topological polar surface area (TPSA) is 29.5 Å². The van der Waals surface area contributed by atoms with Crippen LogP contribution in [0.15, 0.2) is 46.9 Å². The number of aliphatic hydroxyl groups is 1. The van der Waals surface area contributed by atoms with E-state index in [1.165, 1.54) is 5.56 Å². The van der Waals surface area contributed by atoms with E-state index in [9.17, 15) is 5.11 Å². The second-order valence-electron chi connectivity index (χ2n) is 4.13. The molecule has 0 aliphatic heterocycles. The fraction of sp³-hybridized carbons (Fsp3) is 0.200. The Morgan fingerprint density at radius 3 is 2.61 bits per heavy atom. The second-order valence-corrected chi connectivity index (χ2v) is 5.04. The minimum atomic E-state index is -0.0253. The molecule has 0 fully saturated rings. The minimum Gasteiger partial charge on any atom is -0.489 e. The summed E-state index contributed by atoms with van der Waals surface area (Å²) in [5.41, 5.74) is 3.16. The van der Waals surface area contributed by atoms with Crippen LogP contribution in [0.5, 0.6) is 5.75 Å². The number of hydrogen-bond donors (Lipinski definition) is 1. The van der Waals surface area contributed by atoms with Gasteiger partial charge in [0.2, 0.25) is 0 Å². The van der Waals surface area contributed by atoms with Crippen LogP contribution in [0, 0.1) is 6.92 Å². The van der Waals surface area contributed by atoms with Gasteiger partial charge in [-0.05, 0) is 36.2 Å². The summed E-state index contributed by atoms with van der Waals surface area (Å²) >= 11 is 3.38. The summed E-state index contributed by atoms with van der Waals surface area (Å²) in [5.74, 6) is 0.726. The lowest BCUT2D eigenvalue weighted by molar-refractivity contribution is 0.258. The lowest BCUT2D eigenvalue weighted by Gasteiger charge is -2.12. The Labute approximate surface area is 115 Å². The molecule has 0 aromatic heterocycles. The highest BCUT2D eigenvalue weighted by Gasteiger charge is 2.05. The largest absolute Gasteiger partial charge is 0.489 e. The van der Waals surface area contributed by atoms with E-state index in [0.29, 0.717) is 6.61 Å². The monoisotopic (exact) mass is 306 g/mol. The molecule has 0 atom stereocenters. The molecule has 0 aliphatic carbocycles. The van der Waals surface area contributed by atoms with Crippen LogP contribution in [-0.4, -0.2) is 5.11 Å². The Balaban J connectivity index is 2.13. The summed E-state index contributed by atoms with van der Waals surface area (Å²) in [5, 5.41) is 9.29. The third-order valence-corrected chi connectivity index (χ3v) is 3.33. The molecule has 2 nitrogen and oxygen atoms in total. The van der Waals surface area contributed by atoms with Gasteiger partial charge in [-0.1, -0.05) is 40.2 Å². The molecule has 0 heterocycles. The maximum Gasteiger partial charge on any atom is 0.125 e. The molecule has 0 saturated heterocycles. The van der Waals surface area contributed by atoms with Crippen molar-refractivity contribution in [2.24, 2.45) is 0 Å². The number of ether oxygens (including phenoxy) is 1. The molecule has 3 heteroatoms. The van der Waals surface area contributed by atoms with Gasteiger partial charge in [-0.3, -0.25) is 0 Å². The molecule has 2 aromatic carbocycles. The van der Waals surface area contributed by atoms with Crippen molar-refractivity contribution >= 4 is 15.9 Å². The Hall–Kier alpha value is -1.32. The first-order valence-electron chi connectivity index (χ1n) is 5.77. The molecule has 0 aliphatic rings. The molecule has 1 N–H and O–H groups in total. The molecule has 0 saturated carbocycles. The minimum absolute atomic E-state index is 0.0253. The molecule has 2 aromatic rings. The normalized spacial score (nSPS) is 10.4. The zero-order valence-corrected chi connectivity index (χ0v) is 11.8. The first-order valence-corrected chi connectivity index (χ1v) is 6.56. The first kappa shape index (κ1) is 13.1. The molecule has 0 radical (unpaired) electrons. The number of aliphatic hydroxyl groups excluding tert-OH is 1. The fourth-order valence-electron chi connectivity index (χ4n) is 1.74. The third kappa shape index (κ3) is 3.12. The van der Waals surface area contributed by atoms with Gasteiger partial charge in [-0.2, -0.15) is 0 Å². The van der Waals surface area contributed by atoms with E-state index in [1.54, 1.807) is 0 Å². The smallest absolute Gasteiger partial charge is 0.125 e. The Kier molecular flexibility index (Phi) is 4.39. The second kappa shape index (κ2) is 6.03. The molecular weight excluding hydrogens is 292 g/mol. The van der Waals surface area contributed by atoms with Crippen molar-refractivity contribution < 1.29 is 9.84 Å². The first-order chi connectivity index (χ1) is 8.70. The van der Waals surface area contributed by atoms with Crippen LogP contribution in [0.4, 0.5) is 0 Å². The molecule has 2 rings (SSSR count). The number of hydrogen-bond acceptors (Lipinski definition) is 2. The van der Waals surface area contributed by atoms with Gasteiger partial charge in [0.25, 0.3) is 0 Å². The summed E-state index contributed by atoms with van der Waals surface area (Å²) in [6.07, 6.45) is 0. The van der Waals surface area contributed by atoms with Crippen LogP contribution in [0.25, 0.3) is 0 Å². The number of halogens is 1. The average molecular weight is 307 g/mol. The Morgan fingerprint density at radius 1 is 1.11 bits per heavy atom. The van der Waals surface area contributed by atoms with Crippen molar-refractivity contribution in [3.05, 3.63) is 63.6 Å². The zero-order valence-electron chi connectivity index (χ0n) is 10.2. The van der Waals surface area contributed by atoms with Gasteiger partial charge < -0.3 is 9.84 Å². The van der Waals surface area contributed by atoms with E-state index < -0.39 is 0 Å². The highest BCUT2D eigenvalue weighted by Crippen LogP contribution is 2.24. The number of aryl methyl sites for hydroxylation is 1. The molecule has 0 spiro atoms. The summed E-state index contributed by atoms with van der Waals surface area (Å²) in [6, 6.07) is 13.8. The molecule has 18 heavy (non-hydrogen) atoms. The van der Waals surface area contributed by atoms with Crippen molar-refractivity contribution in [2.75, 3.05) is 0 Å². The highest BCUT2D eigenvalue weighted by atomic mass is 79.9. The van der Waals surface area contributed by atoms with Gasteiger partial charge in [0.1, 0.15) is 12.4 Å². The molecular formula is C15H15BrO2. The van der Waals surface area contributed by atoms with Crippen LogP contribution < -0.4 is 4.74 Å². The molecule has 94 valence electrons. The van der Waals surface area contributed by atoms with E-state index >= 15 is 0 Å². The van der Waals surface area contributed by atoms with Gasteiger partial charge in [0.15, 0.2) is 0 Å². The summed E-state index contributed by atoms with van der Waals surface area (Å²) < 4.78 is 6.71. The van der Waals surface area contributed by atoms with Crippen molar-refractivity contribution in [3.63, 3.8) is 0 Å². The highest BCUT2D eigenvalue weighted by molar-refractivity contribution is 9.10. The maximum atomic E-state index is 9.29. The maximum absolute atomic E-state index is 9.29. The predicted molar refractivity (Wildman–Crippen MR) is 75.6 cm³/mol. The molecule has 0 amide bonds. The van der Waals surface area contributed by atoms with Crippen LogP contribution in [0.1, 0.15) is 16.7 Å². The van der Waals surface area contributed by atoms with Crippen molar-refractivity contribution in [1.82, 2.24) is 0 Å². The predicted octanol–water partition coefficient (Wildman–Crippen LogP) is 3.83. The Morgan fingerprint density at radius 2 is 1.89 bits per heavy atom. The number of rotatable bonds is 4. The SMILES string of the molecule is Cc1ccccc1COc1ccc(Br)cc1CO. The lowest BCUT2D eigenvalue weighted by Crippen LogP contribution is -2.00. The van der Waals surface area contributed by atoms with Crippen LogP contribution in [-0.2, 0) is 13.2 Å². The molecule has 0 unspecified atom stereocenters. The molecule has 0 bridgehead atoms. The Bertz CT molecular complexity index is 538. The van der Waals surface area contributed by atoms with Gasteiger partial charge >= 0.3 is 0 Å².